The average Bonchev–Trinajstić information content (AvgIpc) is 4.03. The molecule has 8 aromatic rings. The summed E-state index contributed by atoms with van der Waals surface area (Å²) in [5.41, 5.74) is 7.49. The molecule has 64 heavy (non-hydrogen) atoms. The summed E-state index contributed by atoms with van der Waals surface area (Å²) in [6.45, 7) is 4.68. The predicted octanol–water partition coefficient (Wildman–Crippen LogP) is 9.19. The first-order chi connectivity index (χ1) is 31.1. The fourth-order valence-electron chi connectivity index (χ4n) is 7.57. The molecular formula is C51H42N6O7. The number of ketones is 2. The second-order valence-corrected chi connectivity index (χ2v) is 14.7. The Kier molecular flexibility index (Phi) is 12.2. The summed E-state index contributed by atoms with van der Waals surface area (Å²) in [6.07, 6.45) is 3.26. The third-order valence-corrected chi connectivity index (χ3v) is 10.7. The first kappa shape index (κ1) is 42.1. The molecule has 318 valence electrons. The quantitative estimate of drug-likeness (QED) is 0.0864. The average molecular weight is 851 g/mol. The number of fused-ring (bicyclic) bond motifs is 3. The molecule has 5 heterocycles. The fourth-order valence-corrected chi connectivity index (χ4v) is 7.57. The molecule has 0 bridgehead atoms. The smallest absolute Gasteiger partial charge is 0.408 e. The van der Waals surface area contributed by atoms with Crippen molar-refractivity contribution in [3.8, 4) is 28.0 Å². The zero-order chi connectivity index (χ0) is 44.7. The maximum Gasteiger partial charge on any atom is 0.415 e. The van der Waals surface area contributed by atoms with Crippen LogP contribution < -0.4 is 20.7 Å². The second-order valence-electron chi connectivity index (χ2n) is 14.7. The molecule has 0 atom stereocenters. The van der Waals surface area contributed by atoms with Gasteiger partial charge in [-0.25, -0.2) is 4.79 Å². The van der Waals surface area contributed by atoms with Gasteiger partial charge in [-0.1, -0.05) is 84.9 Å². The van der Waals surface area contributed by atoms with Gasteiger partial charge in [0.05, 0.1) is 12.1 Å². The number of carbonyl (C=O) groups excluding carboxylic acids is 6. The monoisotopic (exact) mass is 850 g/mol. The van der Waals surface area contributed by atoms with Gasteiger partial charge in [-0.3, -0.25) is 24.0 Å². The number of anilines is 3. The molecule has 0 unspecified atom stereocenters. The second kappa shape index (κ2) is 18.6. The van der Waals surface area contributed by atoms with Crippen LogP contribution in [0.1, 0.15) is 40.4 Å². The van der Waals surface area contributed by atoms with Gasteiger partial charge in [0, 0.05) is 59.0 Å². The lowest BCUT2D eigenvalue weighted by atomic mass is 10.0. The van der Waals surface area contributed by atoms with Gasteiger partial charge >= 0.3 is 6.09 Å². The number of Topliss-reactive ketones (excluding diaryl/α,β-unsaturated/α-hetero) is 2. The Morgan fingerprint density at radius 3 is 1.69 bits per heavy atom. The number of pyridine rings is 2. The number of aromatic nitrogens is 2. The van der Waals surface area contributed by atoms with Crippen molar-refractivity contribution in [3.63, 3.8) is 0 Å². The van der Waals surface area contributed by atoms with Crippen LogP contribution in [0.2, 0.25) is 0 Å². The molecule has 13 heteroatoms. The molecule has 1 aliphatic heterocycles. The molecule has 0 radical (unpaired) electrons. The lowest BCUT2D eigenvalue weighted by molar-refractivity contribution is -0.115. The van der Waals surface area contributed by atoms with Crippen LogP contribution >= 0.6 is 0 Å². The highest BCUT2D eigenvalue weighted by Gasteiger charge is 2.28. The molecule has 4 aromatic carbocycles. The van der Waals surface area contributed by atoms with Crippen LogP contribution in [0.5, 0.6) is 5.75 Å². The summed E-state index contributed by atoms with van der Waals surface area (Å²) in [5, 5.41) is 8.05. The van der Waals surface area contributed by atoms with E-state index < -0.39 is 29.5 Å². The highest BCUT2D eigenvalue weighted by Crippen LogP contribution is 2.32. The standard InChI is InChI=1S/C27H25N3O4.C24H17N3O3/c1-3-29(4-2)27(33)34-23-16-9-8-15-22(23)28-26(32)25(31)24-21(19-12-6-5-7-13-19)18-20-14-10-11-17-30(20)24;28-21-13-16-12-17(9-10-20(16)26-21)25-24(30)23(29)22-19(15-6-2-1-3-7-15)14-18-8-4-5-11-27(18)22/h5-18H,3-4H2,1-2H3,(H,28,32);1-12,14H,13H2,(H,25,30)(H,26,28). The summed E-state index contributed by atoms with van der Waals surface area (Å²) in [7, 11) is 0. The maximum absolute atomic E-state index is 13.4. The molecule has 1 aliphatic rings. The van der Waals surface area contributed by atoms with Gasteiger partial charge in [0.15, 0.2) is 5.75 Å². The van der Waals surface area contributed by atoms with Gasteiger partial charge in [-0.05, 0) is 97.3 Å². The van der Waals surface area contributed by atoms with E-state index in [1.165, 1.54) is 4.90 Å². The van der Waals surface area contributed by atoms with Gasteiger partial charge in [0.2, 0.25) is 5.91 Å². The van der Waals surface area contributed by atoms with Crippen molar-refractivity contribution >= 4 is 63.5 Å². The van der Waals surface area contributed by atoms with Gasteiger partial charge in [-0.15, -0.1) is 0 Å². The van der Waals surface area contributed by atoms with Gasteiger partial charge in [-0.2, -0.15) is 0 Å². The predicted molar refractivity (Wildman–Crippen MR) is 246 cm³/mol. The van der Waals surface area contributed by atoms with Crippen molar-refractivity contribution in [2.24, 2.45) is 0 Å². The van der Waals surface area contributed by atoms with Crippen molar-refractivity contribution in [1.82, 2.24) is 13.7 Å². The number of carbonyl (C=O) groups is 6. The van der Waals surface area contributed by atoms with Crippen LogP contribution in [-0.2, 0) is 20.8 Å². The fraction of sp³-hybridized carbons (Fsp3) is 0.0980. The summed E-state index contributed by atoms with van der Waals surface area (Å²) >= 11 is 0. The molecule has 9 rings (SSSR count). The minimum atomic E-state index is -0.827. The van der Waals surface area contributed by atoms with E-state index in [9.17, 15) is 28.8 Å². The van der Waals surface area contributed by atoms with Crippen molar-refractivity contribution in [1.29, 1.82) is 0 Å². The molecule has 0 saturated heterocycles. The molecule has 4 amide bonds. The minimum absolute atomic E-state index is 0.0864. The van der Waals surface area contributed by atoms with E-state index in [1.807, 2.05) is 117 Å². The Morgan fingerprint density at radius 1 is 0.609 bits per heavy atom. The van der Waals surface area contributed by atoms with Crippen LogP contribution in [0.3, 0.4) is 0 Å². The maximum atomic E-state index is 13.4. The van der Waals surface area contributed by atoms with E-state index in [-0.39, 0.29) is 29.5 Å². The summed E-state index contributed by atoms with van der Waals surface area (Å²) in [6, 6.07) is 45.6. The molecule has 0 fully saturated rings. The van der Waals surface area contributed by atoms with E-state index >= 15 is 0 Å². The highest BCUT2D eigenvalue weighted by molar-refractivity contribution is 6.48. The van der Waals surface area contributed by atoms with Crippen LogP contribution in [0, 0.1) is 0 Å². The Balaban J connectivity index is 0.000000176. The summed E-state index contributed by atoms with van der Waals surface area (Å²) in [4.78, 5) is 78.0. The lowest BCUT2D eigenvalue weighted by Gasteiger charge is -2.19. The number of nitrogens with one attached hydrogen (secondary N) is 3. The Hall–Kier alpha value is -8.58. The van der Waals surface area contributed by atoms with Crippen molar-refractivity contribution in [3.05, 3.63) is 181 Å². The SMILES string of the molecule is CCN(CC)C(=O)Oc1ccccc1NC(=O)C(=O)c1c(-c2ccccc2)cc2ccccn12.O=C1Cc2cc(NC(=O)C(=O)c3c(-c4ccccc4)cc4ccccn34)ccc2N1. The number of para-hydroxylation sites is 2. The first-order valence-corrected chi connectivity index (χ1v) is 20.6. The zero-order valence-electron chi connectivity index (χ0n) is 34.9. The largest absolute Gasteiger partial charge is 0.415 e. The highest BCUT2D eigenvalue weighted by atomic mass is 16.6. The van der Waals surface area contributed by atoms with Crippen LogP contribution in [0.4, 0.5) is 21.9 Å². The van der Waals surface area contributed by atoms with E-state index in [0.717, 1.165) is 33.4 Å². The van der Waals surface area contributed by atoms with Crippen molar-refractivity contribution in [2.75, 3.05) is 29.0 Å². The van der Waals surface area contributed by atoms with E-state index in [0.29, 0.717) is 35.6 Å². The normalized spacial score (nSPS) is 11.5. The minimum Gasteiger partial charge on any atom is -0.408 e. The van der Waals surface area contributed by atoms with E-state index in [4.69, 9.17) is 4.74 Å². The van der Waals surface area contributed by atoms with Crippen molar-refractivity contribution < 1.29 is 33.5 Å². The molecule has 13 nitrogen and oxygen atoms in total. The van der Waals surface area contributed by atoms with Crippen LogP contribution in [-0.4, -0.2) is 62.2 Å². The molecule has 0 saturated carbocycles. The number of hydrogen-bond donors (Lipinski definition) is 3. The number of hydrogen-bond acceptors (Lipinski definition) is 7. The van der Waals surface area contributed by atoms with Gasteiger partial charge in [0.1, 0.15) is 11.4 Å². The topological polar surface area (TPSA) is 160 Å². The van der Waals surface area contributed by atoms with Gasteiger partial charge < -0.3 is 34.4 Å². The summed E-state index contributed by atoms with van der Waals surface area (Å²) in [5.74, 6) is -2.80. The molecule has 0 spiro atoms. The Labute approximate surface area is 367 Å². The molecular weight excluding hydrogens is 809 g/mol. The summed E-state index contributed by atoms with van der Waals surface area (Å²) < 4.78 is 8.92. The van der Waals surface area contributed by atoms with Crippen LogP contribution in [0.25, 0.3) is 33.3 Å². The van der Waals surface area contributed by atoms with Crippen molar-refractivity contribution in [2.45, 2.75) is 20.3 Å². The van der Waals surface area contributed by atoms with Crippen LogP contribution in [0.15, 0.2) is 164 Å². The number of nitrogens with zero attached hydrogens (tertiary/aromatic N) is 3. The third-order valence-electron chi connectivity index (χ3n) is 10.7. The molecule has 0 aliphatic carbocycles. The molecule has 4 aromatic heterocycles. The Morgan fingerprint density at radius 2 is 1.12 bits per heavy atom. The third kappa shape index (κ3) is 8.76. The molecule has 3 N–H and O–H groups in total. The first-order valence-electron chi connectivity index (χ1n) is 20.6. The van der Waals surface area contributed by atoms with E-state index in [1.54, 1.807) is 69.7 Å². The number of amides is 4. The Bertz CT molecular complexity index is 3080. The van der Waals surface area contributed by atoms with Gasteiger partial charge in [0.25, 0.3) is 23.4 Å². The number of benzene rings is 4. The number of rotatable bonds is 11. The van der Waals surface area contributed by atoms with E-state index in [2.05, 4.69) is 16.0 Å². The lowest BCUT2D eigenvalue weighted by Crippen LogP contribution is -2.33. The zero-order valence-corrected chi connectivity index (χ0v) is 34.9. The number of ether oxygens (including phenoxy) is 1.